The van der Waals surface area contributed by atoms with Gasteiger partial charge in [0.1, 0.15) is 11.1 Å². The highest BCUT2D eigenvalue weighted by atomic mass is 32.2. The molecule has 6 nitrogen and oxygen atoms in total. The molecule has 29 heavy (non-hydrogen) atoms. The van der Waals surface area contributed by atoms with Gasteiger partial charge in [-0.15, -0.1) is 23.1 Å². The number of thiophene rings is 1. The van der Waals surface area contributed by atoms with E-state index < -0.39 is 0 Å². The second-order valence-corrected chi connectivity index (χ2v) is 10.1. The molecule has 3 aromatic rings. The topological polar surface area (TPSA) is 102 Å². The van der Waals surface area contributed by atoms with E-state index in [1.165, 1.54) is 4.88 Å². The molecule has 7 rings (SSSR count). The first kappa shape index (κ1) is 17.5. The van der Waals surface area contributed by atoms with Gasteiger partial charge in [-0.2, -0.15) is 5.26 Å². The SMILES string of the molecule is CSc1ccnc(-c2noc3c2C2CC(C2)C32CCCc3sc(N)c(C#N)c32)n1. The lowest BCUT2D eigenvalue weighted by Crippen LogP contribution is -2.50. The summed E-state index contributed by atoms with van der Waals surface area (Å²) >= 11 is 3.17. The number of fused-ring (bicyclic) bond motifs is 1. The Kier molecular flexibility index (Phi) is 3.66. The summed E-state index contributed by atoms with van der Waals surface area (Å²) in [5.41, 5.74) is 9.68. The van der Waals surface area contributed by atoms with E-state index in [2.05, 4.69) is 21.2 Å². The van der Waals surface area contributed by atoms with Gasteiger partial charge in [-0.25, -0.2) is 9.97 Å². The smallest absolute Gasteiger partial charge is 0.183 e. The van der Waals surface area contributed by atoms with Crippen LogP contribution in [0.4, 0.5) is 5.00 Å². The van der Waals surface area contributed by atoms with Crippen LogP contribution in [0.25, 0.3) is 11.5 Å². The second kappa shape index (κ2) is 6.07. The van der Waals surface area contributed by atoms with E-state index >= 15 is 0 Å². The predicted molar refractivity (Wildman–Crippen MR) is 112 cm³/mol. The Morgan fingerprint density at radius 1 is 1.41 bits per heavy atom. The van der Waals surface area contributed by atoms with Crippen LogP contribution in [0.2, 0.25) is 0 Å². The summed E-state index contributed by atoms with van der Waals surface area (Å²) in [6, 6.07) is 4.30. The number of nitrogens with zero attached hydrogens (tertiary/aromatic N) is 4. The monoisotopic (exact) mass is 421 g/mol. The van der Waals surface area contributed by atoms with Crippen LogP contribution in [0, 0.1) is 17.2 Å². The molecule has 2 N–H and O–H groups in total. The van der Waals surface area contributed by atoms with Crippen LogP contribution in [0.15, 0.2) is 21.8 Å². The third kappa shape index (κ3) is 2.15. The van der Waals surface area contributed by atoms with Gasteiger partial charge < -0.3 is 10.3 Å². The van der Waals surface area contributed by atoms with Gasteiger partial charge in [0, 0.05) is 22.2 Å². The molecule has 1 atom stereocenters. The summed E-state index contributed by atoms with van der Waals surface area (Å²) in [7, 11) is 0. The third-order valence-electron chi connectivity index (χ3n) is 6.97. The highest BCUT2D eigenvalue weighted by molar-refractivity contribution is 7.98. The van der Waals surface area contributed by atoms with Crippen molar-refractivity contribution in [2.75, 3.05) is 12.0 Å². The van der Waals surface area contributed by atoms with Crippen LogP contribution in [-0.4, -0.2) is 21.4 Å². The van der Waals surface area contributed by atoms with Gasteiger partial charge in [0.25, 0.3) is 0 Å². The zero-order valence-corrected chi connectivity index (χ0v) is 17.6. The van der Waals surface area contributed by atoms with Crippen molar-refractivity contribution in [2.24, 2.45) is 5.92 Å². The van der Waals surface area contributed by atoms with E-state index in [1.54, 1.807) is 29.3 Å². The van der Waals surface area contributed by atoms with Crippen molar-refractivity contribution in [3.63, 3.8) is 0 Å². The summed E-state index contributed by atoms with van der Waals surface area (Å²) in [6.45, 7) is 0. The van der Waals surface area contributed by atoms with Crippen LogP contribution < -0.4 is 5.73 Å². The fourth-order valence-corrected chi connectivity index (χ4v) is 7.24. The minimum Gasteiger partial charge on any atom is -0.389 e. The molecule has 3 heterocycles. The van der Waals surface area contributed by atoms with E-state index in [4.69, 9.17) is 10.3 Å². The second-order valence-electron chi connectivity index (χ2n) is 8.14. The molecule has 0 saturated heterocycles. The van der Waals surface area contributed by atoms with Crippen molar-refractivity contribution >= 4 is 28.1 Å². The number of nitrogens with two attached hydrogens (primary N) is 1. The molecule has 3 aromatic heterocycles. The number of hydrogen-bond acceptors (Lipinski definition) is 8. The van der Waals surface area contributed by atoms with Gasteiger partial charge in [-0.1, -0.05) is 5.16 Å². The molecule has 4 aliphatic rings. The average molecular weight is 422 g/mol. The number of rotatable bonds is 2. The lowest BCUT2D eigenvalue weighted by atomic mass is 9.47. The van der Waals surface area contributed by atoms with Crippen molar-refractivity contribution in [3.05, 3.63) is 39.6 Å². The van der Waals surface area contributed by atoms with Crippen LogP contribution >= 0.6 is 23.1 Å². The van der Waals surface area contributed by atoms with Crippen LogP contribution in [0.5, 0.6) is 0 Å². The van der Waals surface area contributed by atoms with Crippen LogP contribution in [0.3, 0.4) is 0 Å². The maximum atomic E-state index is 9.87. The molecule has 4 aliphatic carbocycles. The molecule has 1 unspecified atom stereocenters. The molecule has 1 fully saturated rings. The molecule has 0 aromatic carbocycles. The Morgan fingerprint density at radius 3 is 3.07 bits per heavy atom. The Labute approximate surface area is 176 Å². The summed E-state index contributed by atoms with van der Waals surface area (Å²) in [5.74, 6) is 2.49. The van der Waals surface area contributed by atoms with Crippen molar-refractivity contribution in [3.8, 4) is 17.6 Å². The van der Waals surface area contributed by atoms with Gasteiger partial charge in [0.2, 0.25) is 0 Å². The van der Waals surface area contributed by atoms with Crippen LogP contribution in [-0.2, 0) is 11.8 Å². The normalized spacial score (nSPS) is 26.5. The van der Waals surface area contributed by atoms with E-state index in [0.29, 0.717) is 28.2 Å². The molecule has 0 aliphatic heterocycles. The van der Waals surface area contributed by atoms with Gasteiger partial charge in [0.05, 0.1) is 16.0 Å². The molecular weight excluding hydrogens is 402 g/mol. The van der Waals surface area contributed by atoms with E-state index in [0.717, 1.165) is 59.7 Å². The highest BCUT2D eigenvalue weighted by Crippen LogP contribution is 2.67. The van der Waals surface area contributed by atoms with Crippen molar-refractivity contribution < 1.29 is 4.52 Å². The number of anilines is 1. The van der Waals surface area contributed by atoms with Crippen molar-refractivity contribution in [2.45, 2.75) is 48.5 Å². The molecule has 8 heteroatoms. The quantitative estimate of drug-likeness (QED) is 0.480. The van der Waals surface area contributed by atoms with Gasteiger partial charge in [0.15, 0.2) is 17.3 Å². The zero-order valence-electron chi connectivity index (χ0n) is 15.9. The van der Waals surface area contributed by atoms with E-state index in [9.17, 15) is 5.26 Å². The first-order valence-corrected chi connectivity index (χ1v) is 11.9. The average Bonchev–Trinajstić information content (AvgIpc) is 3.29. The Hall–Kier alpha value is -2.37. The first-order valence-electron chi connectivity index (χ1n) is 9.86. The van der Waals surface area contributed by atoms with E-state index in [-0.39, 0.29) is 5.41 Å². The summed E-state index contributed by atoms with van der Waals surface area (Å²) in [4.78, 5) is 10.4. The maximum Gasteiger partial charge on any atom is 0.183 e. The van der Waals surface area contributed by atoms with Crippen LogP contribution in [0.1, 0.15) is 58.9 Å². The maximum absolute atomic E-state index is 9.87. The highest BCUT2D eigenvalue weighted by Gasteiger charge is 2.61. The number of thioether (sulfide) groups is 1. The van der Waals surface area contributed by atoms with Crippen molar-refractivity contribution in [1.82, 2.24) is 15.1 Å². The first-order chi connectivity index (χ1) is 14.2. The molecular formula is C21H19N5OS2. The zero-order chi connectivity index (χ0) is 19.8. The Bertz CT molecular complexity index is 1190. The molecule has 1 saturated carbocycles. The minimum absolute atomic E-state index is 0.279. The van der Waals surface area contributed by atoms with E-state index in [1.807, 2.05) is 12.3 Å². The van der Waals surface area contributed by atoms with Crippen molar-refractivity contribution in [1.29, 1.82) is 5.26 Å². The van der Waals surface area contributed by atoms with Gasteiger partial charge in [-0.05, 0) is 56.3 Å². The fourth-order valence-electron chi connectivity index (χ4n) is 5.71. The lowest BCUT2D eigenvalue weighted by molar-refractivity contribution is 0.0932. The number of hydrogen-bond donors (Lipinski definition) is 1. The lowest BCUT2D eigenvalue weighted by Gasteiger charge is -2.54. The Balaban J connectivity index is 1.60. The standard InChI is InChI=1S/C21H19N5OS2/c1-28-14-4-6-24-20(25-14)17-15-10-7-11(8-10)21(18(15)27-26-17)5-2-3-13-16(21)12(9-22)19(23)29-13/h4,6,10-11H,2-3,5,7-8,23H2,1H3. The minimum atomic E-state index is -0.279. The molecule has 2 bridgehead atoms. The number of nitrogen functional groups attached to an aromatic ring is 1. The summed E-state index contributed by atoms with van der Waals surface area (Å²) < 4.78 is 6.09. The molecule has 146 valence electrons. The van der Waals surface area contributed by atoms with Gasteiger partial charge >= 0.3 is 0 Å². The summed E-state index contributed by atoms with van der Waals surface area (Å²) in [5, 5.41) is 15.9. The third-order valence-corrected chi connectivity index (χ3v) is 8.69. The molecule has 0 radical (unpaired) electrons. The summed E-state index contributed by atoms with van der Waals surface area (Å²) in [6.07, 6.45) is 9.03. The molecule has 1 spiro atoms. The number of nitriles is 1. The molecule has 0 amide bonds. The fraction of sp³-hybridized carbons (Fsp3) is 0.429. The largest absolute Gasteiger partial charge is 0.389 e. The Morgan fingerprint density at radius 2 is 2.28 bits per heavy atom. The van der Waals surface area contributed by atoms with Gasteiger partial charge in [-0.3, -0.25) is 0 Å². The number of aryl methyl sites for hydroxylation is 1. The predicted octanol–water partition coefficient (Wildman–Crippen LogP) is 4.50. The number of aromatic nitrogens is 3.